The molecule has 4 heteroatoms. The third-order valence-electron chi connectivity index (χ3n) is 11.3. The average Bonchev–Trinajstić information content (AvgIpc) is 3.31. The van der Waals surface area contributed by atoms with Crippen LogP contribution in [0.2, 0.25) is 0 Å². The van der Waals surface area contributed by atoms with E-state index in [1.165, 1.54) is 5.56 Å². The molecule has 0 N–H and O–H groups in total. The zero-order valence-electron chi connectivity index (χ0n) is 31.4. The Morgan fingerprint density at radius 3 is 1.33 bits per heavy atom. The third kappa shape index (κ3) is 5.70. The van der Waals surface area contributed by atoms with Crippen LogP contribution in [0.25, 0.3) is 110 Å². The van der Waals surface area contributed by atoms with Crippen molar-refractivity contribution in [2.75, 3.05) is 0 Å². The maximum Gasteiger partial charge on any atom is 0.0978 e. The second kappa shape index (κ2) is 14.0. The van der Waals surface area contributed by atoms with Crippen LogP contribution < -0.4 is 0 Å². The van der Waals surface area contributed by atoms with Gasteiger partial charge in [-0.3, -0.25) is 15.0 Å². The highest BCUT2D eigenvalue weighted by atomic mass is 14.8. The molecule has 270 valence electrons. The van der Waals surface area contributed by atoms with Crippen molar-refractivity contribution in [1.29, 1.82) is 0 Å². The molecule has 11 rings (SSSR count). The van der Waals surface area contributed by atoms with Crippen molar-refractivity contribution in [2.24, 2.45) is 0 Å². The quantitative estimate of drug-likeness (QED) is 0.126. The van der Waals surface area contributed by atoms with Crippen molar-refractivity contribution < 1.29 is 0 Å². The molecule has 0 unspecified atom stereocenters. The third-order valence-corrected chi connectivity index (χ3v) is 11.3. The first-order valence-corrected chi connectivity index (χ1v) is 19.5. The summed E-state index contributed by atoms with van der Waals surface area (Å²) < 4.78 is 0. The number of hydrogen-bond acceptors (Lipinski definition) is 4. The fourth-order valence-electron chi connectivity index (χ4n) is 8.64. The molecular formula is C54H34N4. The first-order chi connectivity index (χ1) is 28.8. The van der Waals surface area contributed by atoms with Crippen LogP contribution in [0.5, 0.6) is 0 Å². The minimum atomic E-state index is 0.883. The molecule has 0 spiro atoms. The second-order valence-corrected chi connectivity index (χ2v) is 14.6. The van der Waals surface area contributed by atoms with E-state index in [2.05, 4.69) is 174 Å². The van der Waals surface area contributed by atoms with Crippen LogP contribution in [0.1, 0.15) is 0 Å². The minimum Gasteiger partial charge on any atom is -0.264 e. The number of pyridine rings is 4. The van der Waals surface area contributed by atoms with E-state index in [-0.39, 0.29) is 0 Å². The molecule has 4 aromatic heterocycles. The highest BCUT2D eigenvalue weighted by molar-refractivity contribution is 6.22. The van der Waals surface area contributed by atoms with Gasteiger partial charge in [-0.15, -0.1) is 0 Å². The van der Waals surface area contributed by atoms with E-state index >= 15 is 0 Å². The molecule has 0 aliphatic carbocycles. The largest absolute Gasteiger partial charge is 0.264 e. The summed E-state index contributed by atoms with van der Waals surface area (Å²) in [5, 5.41) is 6.72. The van der Waals surface area contributed by atoms with Crippen LogP contribution >= 0.6 is 0 Å². The monoisotopic (exact) mass is 738 g/mol. The summed E-state index contributed by atoms with van der Waals surface area (Å²) in [5.74, 6) is 0. The number of nitrogens with zero attached hydrogens (tertiary/aromatic N) is 4. The Morgan fingerprint density at radius 1 is 0.293 bits per heavy atom. The Labute approximate surface area is 335 Å². The normalized spacial score (nSPS) is 11.4. The summed E-state index contributed by atoms with van der Waals surface area (Å²) in [6.07, 6.45) is 9.42. The van der Waals surface area contributed by atoms with Gasteiger partial charge >= 0.3 is 0 Å². The van der Waals surface area contributed by atoms with Gasteiger partial charge in [0.25, 0.3) is 0 Å². The summed E-state index contributed by atoms with van der Waals surface area (Å²) in [7, 11) is 0. The number of hydrogen-bond donors (Lipinski definition) is 0. The highest BCUT2D eigenvalue weighted by Gasteiger charge is 2.21. The van der Waals surface area contributed by atoms with Crippen molar-refractivity contribution in [3.8, 4) is 66.9 Å². The van der Waals surface area contributed by atoms with E-state index in [0.717, 1.165) is 105 Å². The highest BCUT2D eigenvalue weighted by Crippen LogP contribution is 2.46. The maximum absolute atomic E-state index is 5.63. The molecule has 4 heterocycles. The van der Waals surface area contributed by atoms with Crippen molar-refractivity contribution in [1.82, 2.24) is 19.9 Å². The summed E-state index contributed by atoms with van der Waals surface area (Å²) in [4.78, 5) is 19.6. The molecule has 58 heavy (non-hydrogen) atoms. The smallest absolute Gasteiger partial charge is 0.0978 e. The molecule has 7 aromatic carbocycles. The second-order valence-electron chi connectivity index (χ2n) is 14.6. The molecule has 0 aliphatic heterocycles. The van der Waals surface area contributed by atoms with Crippen LogP contribution in [-0.2, 0) is 0 Å². The number of benzene rings is 7. The van der Waals surface area contributed by atoms with Crippen LogP contribution in [0, 0.1) is 0 Å². The Morgan fingerprint density at radius 2 is 0.776 bits per heavy atom. The van der Waals surface area contributed by atoms with Crippen molar-refractivity contribution in [3.05, 3.63) is 207 Å². The Bertz CT molecular complexity index is 3200. The zero-order chi connectivity index (χ0) is 38.4. The zero-order valence-corrected chi connectivity index (χ0v) is 31.4. The van der Waals surface area contributed by atoms with E-state index in [4.69, 9.17) is 9.97 Å². The van der Waals surface area contributed by atoms with Crippen LogP contribution in [0.15, 0.2) is 207 Å². The van der Waals surface area contributed by atoms with Crippen LogP contribution in [0.3, 0.4) is 0 Å². The van der Waals surface area contributed by atoms with E-state index in [9.17, 15) is 0 Å². The first kappa shape index (κ1) is 33.5. The molecule has 0 radical (unpaired) electrons. The van der Waals surface area contributed by atoms with E-state index in [1.54, 1.807) is 0 Å². The lowest BCUT2D eigenvalue weighted by molar-refractivity contribution is 1.32. The maximum atomic E-state index is 5.63. The minimum absolute atomic E-state index is 0.883. The first-order valence-electron chi connectivity index (χ1n) is 19.5. The number of aromatic nitrogens is 4. The number of fused-ring (bicyclic) bond motifs is 5. The Hall–Kier alpha value is -7.82. The van der Waals surface area contributed by atoms with Gasteiger partial charge in [0.2, 0.25) is 0 Å². The van der Waals surface area contributed by atoms with Gasteiger partial charge in [0.1, 0.15) is 0 Å². The Kier molecular flexibility index (Phi) is 8.11. The fraction of sp³-hybridized carbons (Fsp3) is 0. The lowest BCUT2D eigenvalue weighted by atomic mass is 9.85. The van der Waals surface area contributed by atoms with Gasteiger partial charge in [-0.2, -0.15) is 0 Å². The van der Waals surface area contributed by atoms with E-state index < -0.39 is 0 Å². The van der Waals surface area contributed by atoms with Crippen molar-refractivity contribution in [2.45, 2.75) is 0 Å². The Balaban J connectivity index is 1.23. The SMILES string of the molecule is c1ccc(-c2ccnc3c2ccc2c(-c4ccccc4)cc(-c4c5ccccc5c(-c5cc(-c6cccnc6)cc(-c6cccnc6)c5)c5ccccc45)nc23)cc1. The van der Waals surface area contributed by atoms with Crippen LogP contribution in [0.4, 0.5) is 0 Å². The van der Waals surface area contributed by atoms with Gasteiger partial charge in [0, 0.05) is 58.4 Å². The molecule has 11 aromatic rings. The van der Waals surface area contributed by atoms with Gasteiger partial charge in [-0.05, 0) is 109 Å². The summed E-state index contributed by atoms with van der Waals surface area (Å²) in [6, 6.07) is 62.6. The predicted octanol–water partition coefficient (Wildman–Crippen LogP) is 13.9. The van der Waals surface area contributed by atoms with Crippen molar-refractivity contribution in [3.63, 3.8) is 0 Å². The fourth-order valence-corrected chi connectivity index (χ4v) is 8.64. The topological polar surface area (TPSA) is 51.6 Å². The lowest BCUT2D eigenvalue weighted by Gasteiger charge is -2.20. The van der Waals surface area contributed by atoms with E-state index in [0.29, 0.717) is 0 Å². The number of rotatable bonds is 6. The summed E-state index contributed by atoms with van der Waals surface area (Å²) in [5.41, 5.74) is 14.9. The molecule has 0 aliphatic rings. The average molecular weight is 739 g/mol. The van der Waals surface area contributed by atoms with Crippen molar-refractivity contribution >= 4 is 43.4 Å². The van der Waals surface area contributed by atoms with Crippen LogP contribution in [-0.4, -0.2) is 19.9 Å². The van der Waals surface area contributed by atoms with Gasteiger partial charge in [-0.1, -0.05) is 133 Å². The molecule has 0 saturated heterocycles. The molecule has 0 saturated carbocycles. The molecule has 0 fully saturated rings. The molecular weight excluding hydrogens is 705 g/mol. The van der Waals surface area contributed by atoms with Gasteiger partial charge in [0.15, 0.2) is 0 Å². The molecule has 0 atom stereocenters. The van der Waals surface area contributed by atoms with Gasteiger partial charge in [0.05, 0.1) is 16.7 Å². The van der Waals surface area contributed by atoms with Gasteiger partial charge < -0.3 is 0 Å². The molecule has 0 amide bonds. The lowest BCUT2D eigenvalue weighted by Crippen LogP contribution is -1.96. The predicted molar refractivity (Wildman–Crippen MR) is 240 cm³/mol. The summed E-state index contributed by atoms with van der Waals surface area (Å²) in [6.45, 7) is 0. The summed E-state index contributed by atoms with van der Waals surface area (Å²) >= 11 is 0. The molecule has 0 bridgehead atoms. The standard InChI is InChI=1S/C54H34N4/c1-3-13-35(14-4-1)42-25-28-57-53-47(42)23-24-48-49(36-15-5-2-6-16-36)32-50(58-54(48)53)52-45-21-9-7-19-43(45)51(44-20-8-10-22-46(44)52)41-30-39(37-17-11-26-55-33-37)29-40(31-41)38-18-12-27-56-34-38/h1-34H. The van der Waals surface area contributed by atoms with Gasteiger partial charge in [-0.25, -0.2) is 4.98 Å². The molecule has 4 nitrogen and oxygen atoms in total. The van der Waals surface area contributed by atoms with E-state index in [1.807, 2.05) is 43.1 Å².